The molecule has 0 unspecified atom stereocenters. The van der Waals surface area contributed by atoms with Gasteiger partial charge in [-0.15, -0.1) is 0 Å². The van der Waals surface area contributed by atoms with Crippen LogP contribution in [0, 0.1) is 0 Å². The van der Waals surface area contributed by atoms with E-state index >= 15 is 0 Å². The molecule has 0 amide bonds. The van der Waals surface area contributed by atoms with Crippen molar-refractivity contribution in [2.24, 2.45) is 0 Å². The van der Waals surface area contributed by atoms with E-state index in [9.17, 15) is 4.79 Å². The minimum Gasteiger partial charge on any atom is -0.310 e. The number of carbonyl (C=O) groups is 1. The molecule has 0 aliphatic heterocycles. The molecule has 0 radical (unpaired) electrons. The summed E-state index contributed by atoms with van der Waals surface area (Å²) in [6.07, 6.45) is 0.856. The second kappa shape index (κ2) is 27.2. The number of carbonyl (C=O) groups excluding carboxylic acids is 1. The van der Waals surface area contributed by atoms with Gasteiger partial charge in [0.25, 0.3) is 0 Å². The van der Waals surface area contributed by atoms with Crippen molar-refractivity contribution in [1.29, 1.82) is 0 Å². The van der Waals surface area contributed by atoms with Gasteiger partial charge >= 0.3 is 40.5 Å². The average molecular weight is 798 g/mol. The van der Waals surface area contributed by atoms with Gasteiger partial charge in [0.1, 0.15) is 6.10 Å². The normalized spacial score (nSPS) is 11.6. The molecular weight excluding hydrogens is 748 g/mol. The van der Waals surface area contributed by atoms with E-state index in [1.807, 2.05) is 0 Å². The van der Waals surface area contributed by atoms with Crippen molar-refractivity contribution >= 4 is 62.4 Å². The van der Waals surface area contributed by atoms with Gasteiger partial charge in [-0.25, -0.2) is 4.79 Å². The molecule has 46 heavy (non-hydrogen) atoms. The summed E-state index contributed by atoms with van der Waals surface area (Å²) in [6.45, 7) is 4.87. The van der Waals surface area contributed by atoms with Gasteiger partial charge in [-0.1, -0.05) is 72.8 Å². The van der Waals surface area contributed by atoms with Crippen molar-refractivity contribution in [2.45, 2.75) is 26.1 Å². The minimum atomic E-state index is -0.995. The van der Waals surface area contributed by atoms with Crippen LogP contribution in [0.1, 0.15) is 15.3 Å². The molecule has 4 rings (SSSR count). The summed E-state index contributed by atoms with van der Waals surface area (Å²) in [4.78, 5) is 10.0. The molecule has 6 nitrogen and oxygen atoms in total. The third-order valence-corrected chi connectivity index (χ3v) is 12.0. The molecule has 0 saturated carbocycles. The number of benzene rings is 4. The van der Waals surface area contributed by atoms with Gasteiger partial charge in [0, 0.05) is 14.5 Å². The fourth-order valence-corrected chi connectivity index (χ4v) is 9.24. The Labute approximate surface area is 294 Å². The smallest absolute Gasteiger partial charge is 0.0967 e. The fourth-order valence-electron chi connectivity index (χ4n) is 4.19. The summed E-state index contributed by atoms with van der Waals surface area (Å²) in [5.41, 5.74) is 0. The average Bonchev–Trinajstić information content (AvgIpc) is 3.10. The molecule has 2 atom stereocenters. The van der Waals surface area contributed by atoms with Crippen LogP contribution in [0.25, 0.3) is 0 Å². The van der Waals surface area contributed by atoms with Crippen LogP contribution >= 0.6 is 35.2 Å². The molecule has 0 aliphatic rings. The summed E-state index contributed by atoms with van der Waals surface area (Å²) in [5.74, 6) is -0.597. The number of rotatable bonds is 12. The molecule has 4 N–H and O–H groups in total. The Balaban J connectivity index is 0.00000111. The molecule has 0 fully saturated rings. The zero-order valence-electron chi connectivity index (χ0n) is 26.5. The Morgan fingerprint density at radius 3 is 1.15 bits per heavy atom. The number of nitrogens with one attached hydrogen (secondary N) is 1. The van der Waals surface area contributed by atoms with E-state index < -0.39 is 34.0 Å². The van der Waals surface area contributed by atoms with E-state index in [1.54, 1.807) is 0 Å². The van der Waals surface area contributed by atoms with Crippen LogP contribution < -0.4 is 26.5 Å². The number of aliphatic hydroxyl groups is 3. The predicted molar refractivity (Wildman–Crippen MR) is 200 cm³/mol. The third kappa shape index (κ3) is 18.6. The number of methoxy groups -OCH3 is 1. The Morgan fingerprint density at radius 1 is 0.717 bits per heavy atom. The van der Waals surface area contributed by atoms with Crippen molar-refractivity contribution in [1.82, 2.24) is 5.32 Å². The summed E-state index contributed by atoms with van der Waals surface area (Å²) >= 11 is -0.346. The molecule has 11 heteroatoms. The summed E-state index contributed by atoms with van der Waals surface area (Å²) < 4.78 is 4.12. The Kier molecular flexibility index (Phi) is 25.0. The maximum atomic E-state index is 10.0. The van der Waals surface area contributed by atoms with Gasteiger partial charge in [0.15, 0.2) is 0 Å². The van der Waals surface area contributed by atoms with Crippen LogP contribution in [-0.4, -0.2) is 72.6 Å². The third-order valence-electron chi connectivity index (χ3n) is 6.40. The SMILES string of the molecule is COC(=O)[C@@H](C)O.C[C@@H](O)CO.[Cl][Ru][Cl].[HH].c1ccc([PH+](CCNCC[PH+](c2ccccc2)c2ccccc2)c2ccccc2)cc1. The molecule has 0 saturated heterocycles. The van der Waals surface area contributed by atoms with E-state index in [2.05, 4.69) is 131 Å². The van der Waals surface area contributed by atoms with Crippen molar-refractivity contribution < 1.29 is 41.4 Å². The molecule has 0 heterocycles. The van der Waals surface area contributed by atoms with Gasteiger partial charge < -0.3 is 25.4 Å². The number of aliphatic hydroxyl groups excluding tert-OH is 3. The van der Waals surface area contributed by atoms with Crippen LogP contribution in [-0.2, 0) is 24.7 Å². The first-order valence-corrected chi connectivity index (χ1v) is 22.7. The zero-order chi connectivity index (χ0) is 34.0. The van der Waals surface area contributed by atoms with Crippen LogP contribution in [0.5, 0.6) is 0 Å². The van der Waals surface area contributed by atoms with Gasteiger partial charge in [0.05, 0.1) is 69.2 Å². The molecule has 0 bridgehead atoms. The van der Waals surface area contributed by atoms with Crippen molar-refractivity contribution in [3.8, 4) is 0 Å². The van der Waals surface area contributed by atoms with Crippen LogP contribution in [0.15, 0.2) is 121 Å². The van der Waals surface area contributed by atoms with E-state index in [-0.39, 0.29) is 23.2 Å². The fraction of sp³-hybridized carbons (Fsp3) is 0.286. The molecule has 0 aliphatic carbocycles. The second-order valence-corrected chi connectivity index (χ2v) is 17.8. The molecule has 4 aromatic rings. The van der Waals surface area contributed by atoms with E-state index in [4.69, 9.17) is 34.7 Å². The van der Waals surface area contributed by atoms with E-state index in [1.165, 1.54) is 54.5 Å². The Hall–Kier alpha value is -1.75. The first-order valence-electron chi connectivity index (χ1n) is 14.8. The van der Waals surface area contributed by atoms with Crippen LogP contribution in [0.4, 0.5) is 0 Å². The monoisotopic (exact) mass is 797 g/mol. The number of ether oxygens (including phenoxy) is 1. The number of halogens is 2. The molecular formula is C35H49Cl2NO5P2Ru+2. The van der Waals surface area contributed by atoms with Crippen LogP contribution in [0.3, 0.4) is 0 Å². The standard InChI is InChI=1S/C28H29NP2.C4H8O3.C3H8O2.2ClH.Ru.H2/c1-5-13-25(14-6-1)30(26-15-7-2-8-16-26)23-21-29-22-24-31(27-17-9-3-10-18-27)28-19-11-4-12-20-28;1-3(5)4(6)7-2;1-3(5)2-4;;;;/h1-20,29H,21-24H2;3,5H,1-2H3;3-5H,2H2,1H3;2*1H;;1H/q;;;;;+2;/t;2*3-;;;;/m.11..../s1. The van der Waals surface area contributed by atoms with Gasteiger partial charge in [-0.2, -0.15) is 0 Å². The quantitative estimate of drug-likeness (QED) is 0.0711. The zero-order valence-corrected chi connectivity index (χ0v) is 31.8. The van der Waals surface area contributed by atoms with Gasteiger partial charge in [-0.05, 0) is 62.4 Å². The van der Waals surface area contributed by atoms with Crippen molar-refractivity contribution in [3.05, 3.63) is 121 Å². The largest absolute Gasteiger partial charge is 0.310 e. The topological polar surface area (TPSA) is 99.0 Å². The van der Waals surface area contributed by atoms with E-state index in [0.29, 0.717) is 0 Å². The predicted octanol–water partition coefficient (Wildman–Crippen LogP) is 4.83. The maximum absolute atomic E-state index is 10.0. The molecule has 4 aromatic carbocycles. The molecule has 0 spiro atoms. The van der Waals surface area contributed by atoms with Crippen LogP contribution in [0.2, 0.25) is 0 Å². The maximum Gasteiger partial charge on any atom is 0.0967 e. The summed E-state index contributed by atoms with van der Waals surface area (Å²) in [6, 6.07) is 44.2. The molecule has 0 aromatic heterocycles. The van der Waals surface area contributed by atoms with E-state index in [0.717, 1.165) is 13.1 Å². The van der Waals surface area contributed by atoms with Crippen molar-refractivity contribution in [2.75, 3.05) is 39.1 Å². The first kappa shape index (κ1) is 42.3. The Morgan fingerprint density at radius 2 is 0.978 bits per heavy atom. The van der Waals surface area contributed by atoms with Crippen molar-refractivity contribution in [3.63, 3.8) is 0 Å². The number of hydrogen-bond donors (Lipinski definition) is 4. The second-order valence-electron chi connectivity index (χ2n) is 9.95. The Bertz CT molecular complexity index is 1120. The minimum absolute atomic E-state index is 0. The number of esters is 1. The number of hydrogen-bond acceptors (Lipinski definition) is 6. The van der Waals surface area contributed by atoms with Gasteiger partial charge in [0.2, 0.25) is 0 Å². The van der Waals surface area contributed by atoms with Gasteiger partial charge in [-0.3, -0.25) is 0 Å². The summed E-state index contributed by atoms with van der Waals surface area (Å²) in [7, 11) is 9.42. The molecule has 254 valence electrons. The summed E-state index contributed by atoms with van der Waals surface area (Å²) in [5, 5.41) is 34.1. The first-order chi connectivity index (χ1) is 22.3.